The van der Waals surface area contributed by atoms with Crippen molar-refractivity contribution in [1.82, 2.24) is 25.4 Å². The second kappa shape index (κ2) is 11.5. The largest absolute Gasteiger partial charge is 0.450 e. The number of carbonyl (C=O) groups excluding carboxylic acids is 2. The minimum absolute atomic E-state index is 0.0677. The Morgan fingerprint density at radius 1 is 1.23 bits per heavy atom. The number of aryl methyl sites for hydroxylation is 2. The van der Waals surface area contributed by atoms with Crippen LogP contribution in [0.2, 0.25) is 5.02 Å². The average Bonchev–Trinajstić information content (AvgIpc) is 3.37. The first-order valence-corrected chi connectivity index (χ1v) is 13.4. The van der Waals surface area contributed by atoms with E-state index in [1.165, 1.54) is 12.3 Å². The lowest BCUT2D eigenvalue weighted by molar-refractivity contribution is -0.137. The molecule has 3 heterocycles. The van der Waals surface area contributed by atoms with Gasteiger partial charge in [0.1, 0.15) is 17.5 Å². The number of hydrogen-bond acceptors (Lipinski definition) is 6. The highest BCUT2D eigenvalue weighted by molar-refractivity contribution is 6.30. The number of pyridine rings is 1. The summed E-state index contributed by atoms with van der Waals surface area (Å²) in [5.41, 5.74) is 1.14. The fourth-order valence-electron chi connectivity index (χ4n) is 4.97. The van der Waals surface area contributed by atoms with Crippen LogP contribution >= 0.6 is 11.6 Å². The molecule has 1 aliphatic heterocycles. The third-order valence-electron chi connectivity index (χ3n) is 7.21. The van der Waals surface area contributed by atoms with E-state index in [1.807, 2.05) is 32.0 Å². The van der Waals surface area contributed by atoms with Crippen molar-refractivity contribution in [3.8, 4) is 23.8 Å². The second-order valence-corrected chi connectivity index (χ2v) is 11.0. The summed E-state index contributed by atoms with van der Waals surface area (Å²) in [4.78, 5) is 45.0. The summed E-state index contributed by atoms with van der Waals surface area (Å²) >= 11 is 6.26. The standard InChI is InChI=1S/C30H32ClN5O4/c1-7-30(5,6)26-12-11-23(20-9-8-10-21(31)15-20)36(26)29(39)19(4)33-27(37)22-13-17(2)25(16-32-22)40-24-14-18(3)34-35-28(24)38/h1,8-10,13-16,19,23,26H,11-12H2,2-6H3,(H,33,37)(H,35,38)/t19-,23+,26-/m1/s1. The number of ether oxygens (including phenoxy) is 1. The summed E-state index contributed by atoms with van der Waals surface area (Å²) in [6.45, 7) is 8.99. The van der Waals surface area contributed by atoms with Gasteiger partial charge in [0.05, 0.1) is 17.9 Å². The Bertz CT molecular complexity index is 1540. The van der Waals surface area contributed by atoms with E-state index in [4.69, 9.17) is 22.8 Å². The highest BCUT2D eigenvalue weighted by Gasteiger charge is 2.45. The third kappa shape index (κ3) is 6.02. The first-order chi connectivity index (χ1) is 18.9. The number of aromatic amines is 1. The zero-order valence-electron chi connectivity index (χ0n) is 23.1. The van der Waals surface area contributed by atoms with Crippen LogP contribution in [-0.2, 0) is 4.79 Å². The topological polar surface area (TPSA) is 117 Å². The van der Waals surface area contributed by atoms with Crippen molar-refractivity contribution in [2.45, 2.75) is 65.6 Å². The number of rotatable bonds is 7. The van der Waals surface area contributed by atoms with Gasteiger partial charge in [0.15, 0.2) is 5.75 Å². The van der Waals surface area contributed by atoms with Crippen LogP contribution in [0.4, 0.5) is 0 Å². The van der Waals surface area contributed by atoms with Crippen LogP contribution in [0.25, 0.3) is 0 Å². The Morgan fingerprint density at radius 3 is 2.65 bits per heavy atom. The van der Waals surface area contributed by atoms with E-state index in [0.717, 1.165) is 18.4 Å². The van der Waals surface area contributed by atoms with E-state index in [9.17, 15) is 14.4 Å². The predicted octanol–water partition coefficient (Wildman–Crippen LogP) is 4.74. The summed E-state index contributed by atoms with van der Waals surface area (Å²) in [6, 6.07) is 9.22. The number of amides is 2. The highest BCUT2D eigenvalue weighted by Crippen LogP contribution is 2.43. The molecule has 0 saturated carbocycles. The lowest BCUT2D eigenvalue weighted by Crippen LogP contribution is -2.52. The minimum Gasteiger partial charge on any atom is -0.450 e. The number of H-pyrrole nitrogens is 1. The molecule has 1 saturated heterocycles. The van der Waals surface area contributed by atoms with Gasteiger partial charge in [0, 0.05) is 22.5 Å². The molecule has 10 heteroatoms. The first kappa shape index (κ1) is 28.8. The number of hydrogen-bond donors (Lipinski definition) is 2. The van der Waals surface area contributed by atoms with E-state index in [-0.39, 0.29) is 29.4 Å². The maximum Gasteiger partial charge on any atom is 0.307 e. The lowest BCUT2D eigenvalue weighted by atomic mass is 9.83. The number of halogens is 1. The molecule has 0 radical (unpaired) electrons. The van der Waals surface area contributed by atoms with Crippen molar-refractivity contribution in [2.24, 2.45) is 5.41 Å². The van der Waals surface area contributed by atoms with Crippen LogP contribution in [0.3, 0.4) is 0 Å². The number of carbonyl (C=O) groups is 2. The summed E-state index contributed by atoms with van der Waals surface area (Å²) < 4.78 is 5.69. The van der Waals surface area contributed by atoms with E-state index in [1.54, 1.807) is 37.8 Å². The van der Waals surface area contributed by atoms with Gasteiger partial charge in [0.2, 0.25) is 5.91 Å². The normalized spacial score (nSPS) is 17.7. The maximum atomic E-state index is 13.9. The van der Waals surface area contributed by atoms with Crippen LogP contribution in [0.15, 0.2) is 47.4 Å². The van der Waals surface area contributed by atoms with Gasteiger partial charge in [-0.1, -0.05) is 29.7 Å². The first-order valence-electron chi connectivity index (χ1n) is 13.0. The zero-order chi connectivity index (χ0) is 29.2. The molecule has 208 valence electrons. The van der Waals surface area contributed by atoms with Gasteiger partial charge >= 0.3 is 5.56 Å². The molecular weight excluding hydrogens is 530 g/mol. The molecule has 0 unspecified atom stereocenters. The number of aromatic nitrogens is 3. The molecule has 1 fully saturated rings. The third-order valence-corrected chi connectivity index (χ3v) is 7.44. The van der Waals surface area contributed by atoms with Crippen LogP contribution in [0.5, 0.6) is 11.5 Å². The Kier molecular flexibility index (Phi) is 8.31. The van der Waals surface area contributed by atoms with Crippen LogP contribution < -0.4 is 15.6 Å². The van der Waals surface area contributed by atoms with E-state index >= 15 is 0 Å². The van der Waals surface area contributed by atoms with Crippen molar-refractivity contribution in [3.63, 3.8) is 0 Å². The van der Waals surface area contributed by atoms with Crippen molar-refractivity contribution >= 4 is 23.4 Å². The lowest BCUT2D eigenvalue weighted by Gasteiger charge is -2.39. The van der Waals surface area contributed by atoms with E-state index < -0.39 is 22.9 Å². The Labute approximate surface area is 238 Å². The van der Waals surface area contributed by atoms with Gasteiger partial charge in [-0.05, 0) is 76.8 Å². The summed E-state index contributed by atoms with van der Waals surface area (Å²) in [5, 5.41) is 9.55. The Balaban J connectivity index is 1.53. The van der Waals surface area contributed by atoms with Gasteiger partial charge in [-0.15, -0.1) is 6.42 Å². The molecule has 0 spiro atoms. The van der Waals surface area contributed by atoms with Gasteiger partial charge < -0.3 is 15.0 Å². The summed E-state index contributed by atoms with van der Waals surface area (Å²) in [5.74, 6) is 2.47. The molecule has 9 nitrogen and oxygen atoms in total. The Morgan fingerprint density at radius 2 is 1.98 bits per heavy atom. The van der Waals surface area contributed by atoms with Crippen molar-refractivity contribution < 1.29 is 14.3 Å². The molecule has 4 rings (SSSR count). The Hall–Kier alpha value is -4.16. The average molecular weight is 562 g/mol. The van der Waals surface area contributed by atoms with Gasteiger partial charge in [-0.3, -0.25) is 14.4 Å². The van der Waals surface area contributed by atoms with E-state index in [2.05, 4.69) is 26.4 Å². The zero-order valence-corrected chi connectivity index (χ0v) is 23.9. The fraction of sp³-hybridized carbons (Fsp3) is 0.367. The van der Waals surface area contributed by atoms with Crippen molar-refractivity contribution in [3.05, 3.63) is 80.5 Å². The molecule has 2 amide bonds. The number of nitrogens with one attached hydrogen (secondary N) is 2. The van der Waals surface area contributed by atoms with Gasteiger partial charge in [-0.2, -0.15) is 5.10 Å². The van der Waals surface area contributed by atoms with Crippen LogP contribution in [-0.4, -0.2) is 44.0 Å². The molecule has 3 atom stereocenters. The maximum absolute atomic E-state index is 13.9. The SMILES string of the molecule is C#CC(C)(C)[C@H]1CC[C@@H](c2cccc(Cl)c2)N1C(=O)[C@@H](C)NC(=O)c1cc(C)c(Oc2cc(C)n[nH]c2=O)cn1. The molecule has 0 aliphatic carbocycles. The number of likely N-dealkylation sites (tertiary alicyclic amines) is 1. The molecule has 40 heavy (non-hydrogen) atoms. The number of benzene rings is 1. The molecule has 2 aromatic heterocycles. The van der Waals surface area contributed by atoms with Gasteiger partial charge in [-0.25, -0.2) is 10.1 Å². The molecule has 1 aliphatic rings. The molecular formula is C30H32ClN5O4. The van der Waals surface area contributed by atoms with Gasteiger partial charge in [0.25, 0.3) is 5.91 Å². The molecule has 1 aromatic carbocycles. The fourth-order valence-corrected chi connectivity index (χ4v) is 5.17. The monoisotopic (exact) mass is 561 g/mol. The van der Waals surface area contributed by atoms with Crippen LogP contribution in [0.1, 0.15) is 67.0 Å². The summed E-state index contributed by atoms with van der Waals surface area (Å²) in [6.07, 6.45) is 8.68. The predicted molar refractivity (Wildman–Crippen MR) is 152 cm³/mol. The quantitative estimate of drug-likeness (QED) is 0.402. The second-order valence-electron chi connectivity index (χ2n) is 10.6. The van der Waals surface area contributed by atoms with Crippen molar-refractivity contribution in [1.29, 1.82) is 0 Å². The highest BCUT2D eigenvalue weighted by atomic mass is 35.5. The minimum atomic E-state index is -0.847. The van der Waals surface area contributed by atoms with Crippen LogP contribution in [0, 0.1) is 31.6 Å². The number of nitrogens with zero attached hydrogens (tertiary/aromatic N) is 3. The summed E-state index contributed by atoms with van der Waals surface area (Å²) in [7, 11) is 0. The van der Waals surface area contributed by atoms with E-state index in [0.29, 0.717) is 22.0 Å². The molecule has 0 bridgehead atoms. The van der Waals surface area contributed by atoms with Crippen molar-refractivity contribution in [2.75, 3.05) is 0 Å². The number of terminal acetylenes is 1. The molecule has 2 N–H and O–H groups in total. The molecule has 3 aromatic rings. The smallest absolute Gasteiger partial charge is 0.307 e.